The Balaban J connectivity index is 2.21. The highest BCUT2D eigenvalue weighted by molar-refractivity contribution is 5.95. The van der Waals surface area contributed by atoms with Crippen LogP contribution in [0.2, 0.25) is 0 Å². The molecule has 0 radical (unpaired) electrons. The molecule has 0 aliphatic carbocycles. The number of anilines is 1. The van der Waals surface area contributed by atoms with Crippen LogP contribution in [0, 0.1) is 19.7 Å². The molecular weight excluding hydrogens is 269 g/mol. The first-order valence-corrected chi connectivity index (χ1v) is 6.69. The molecule has 0 saturated carbocycles. The first-order chi connectivity index (χ1) is 10.0. The van der Waals surface area contributed by atoms with Crippen molar-refractivity contribution in [2.45, 2.75) is 20.4 Å². The summed E-state index contributed by atoms with van der Waals surface area (Å²) in [5, 5.41) is 3.16. The second kappa shape index (κ2) is 6.39. The van der Waals surface area contributed by atoms with E-state index < -0.39 is 11.8 Å². The predicted octanol–water partition coefficient (Wildman–Crippen LogP) is 3.84. The van der Waals surface area contributed by atoms with Crippen molar-refractivity contribution in [1.29, 1.82) is 0 Å². The Morgan fingerprint density at radius 1 is 1.19 bits per heavy atom. The first-order valence-electron chi connectivity index (χ1n) is 6.69. The van der Waals surface area contributed by atoms with E-state index in [1.807, 2.05) is 26.0 Å². The third-order valence-corrected chi connectivity index (χ3v) is 3.35. The van der Waals surface area contributed by atoms with E-state index in [-0.39, 0.29) is 5.56 Å². The molecule has 0 saturated heterocycles. The van der Waals surface area contributed by atoms with Crippen LogP contribution in [0.15, 0.2) is 36.4 Å². The fraction of sp³-hybridized carbons (Fsp3) is 0.235. The number of benzene rings is 2. The van der Waals surface area contributed by atoms with Gasteiger partial charge in [0, 0.05) is 12.2 Å². The number of carbonyl (C=O) groups is 1. The van der Waals surface area contributed by atoms with Crippen LogP contribution in [0.4, 0.5) is 10.1 Å². The lowest BCUT2D eigenvalue weighted by Gasteiger charge is -2.13. The molecule has 2 aromatic rings. The molecule has 0 aromatic heterocycles. The van der Waals surface area contributed by atoms with Crippen LogP contribution in [0.3, 0.4) is 0 Å². The van der Waals surface area contributed by atoms with Crippen LogP contribution in [0.25, 0.3) is 0 Å². The monoisotopic (exact) mass is 287 g/mol. The molecule has 0 amide bonds. The highest BCUT2D eigenvalue weighted by atomic mass is 19.1. The van der Waals surface area contributed by atoms with Crippen molar-refractivity contribution in [2.24, 2.45) is 0 Å². The van der Waals surface area contributed by atoms with Crippen molar-refractivity contribution >= 4 is 11.7 Å². The highest BCUT2D eigenvalue weighted by Crippen LogP contribution is 2.20. The van der Waals surface area contributed by atoms with E-state index in [1.165, 1.54) is 30.4 Å². The van der Waals surface area contributed by atoms with E-state index in [1.54, 1.807) is 6.07 Å². The van der Waals surface area contributed by atoms with Crippen molar-refractivity contribution in [3.8, 4) is 0 Å². The summed E-state index contributed by atoms with van der Waals surface area (Å²) in [6.45, 7) is 4.64. The molecule has 1 N–H and O–H groups in total. The van der Waals surface area contributed by atoms with Crippen LogP contribution in [0.5, 0.6) is 0 Å². The van der Waals surface area contributed by atoms with Crippen LogP contribution in [-0.2, 0) is 11.3 Å². The normalized spacial score (nSPS) is 10.3. The maximum absolute atomic E-state index is 13.3. The van der Waals surface area contributed by atoms with Crippen LogP contribution < -0.4 is 5.32 Å². The van der Waals surface area contributed by atoms with Gasteiger partial charge in [-0.15, -0.1) is 0 Å². The molecule has 0 spiro atoms. The molecule has 3 nitrogen and oxygen atoms in total. The lowest BCUT2D eigenvalue weighted by atomic mass is 10.1. The molecule has 0 fully saturated rings. The topological polar surface area (TPSA) is 38.3 Å². The summed E-state index contributed by atoms with van der Waals surface area (Å²) in [6.07, 6.45) is 0. The van der Waals surface area contributed by atoms with E-state index in [4.69, 9.17) is 0 Å². The number of nitrogens with one attached hydrogen (secondary N) is 1. The first kappa shape index (κ1) is 15.0. The molecule has 21 heavy (non-hydrogen) atoms. The summed E-state index contributed by atoms with van der Waals surface area (Å²) >= 11 is 0. The van der Waals surface area contributed by atoms with Crippen molar-refractivity contribution in [3.63, 3.8) is 0 Å². The maximum atomic E-state index is 13.3. The number of carbonyl (C=O) groups excluding carboxylic acids is 1. The number of methoxy groups -OCH3 is 1. The maximum Gasteiger partial charge on any atom is 0.340 e. The number of ether oxygens (including phenoxy) is 1. The molecule has 0 atom stereocenters. The van der Waals surface area contributed by atoms with Gasteiger partial charge in [-0.05, 0) is 43.2 Å². The lowest BCUT2D eigenvalue weighted by Crippen LogP contribution is -2.09. The van der Waals surface area contributed by atoms with Gasteiger partial charge in [-0.2, -0.15) is 0 Å². The summed E-state index contributed by atoms with van der Waals surface area (Å²) in [4.78, 5) is 11.7. The molecule has 0 heterocycles. The van der Waals surface area contributed by atoms with Crippen molar-refractivity contribution < 1.29 is 13.9 Å². The van der Waals surface area contributed by atoms with Gasteiger partial charge in [-0.3, -0.25) is 0 Å². The smallest absolute Gasteiger partial charge is 0.340 e. The van der Waals surface area contributed by atoms with Crippen molar-refractivity contribution in [3.05, 3.63) is 64.5 Å². The highest BCUT2D eigenvalue weighted by Gasteiger charge is 2.13. The molecule has 0 aliphatic heterocycles. The van der Waals surface area contributed by atoms with Gasteiger partial charge in [0.1, 0.15) is 5.82 Å². The summed E-state index contributed by atoms with van der Waals surface area (Å²) in [5.74, 6) is -1.02. The SMILES string of the molecule is COC(=O)c1cc(F)ccc1NCc1ccc(C)cc1C. The summed E-state index contributed by atoms with van der Waals surface area (Å²) in [5.41, 5.74) is 4.25. The van der Waals surface area contributed by atoms with E-state index in [2.05, 4.69) is 16.1 Å². The minimum atomic E-state index is -0.558. The molecule has 4 heteroatoms. The third kappa shape index (κ3) is 3.60. The average Bonchev–Trinajstić information content (AvgIpc) is 2.46. The number of rotatable bonds is 4. The van der Waals surface area contributed by atoms with Gasteiger partial charge >= 0.3 is 5.97 Å². The predicted molar refractivity (Wildman–Crippen MR) is 81.0 cm³/mol. The Kier molecular flexibility index (Phi) is 4.58. The van der Waals surface area contributed by atoms with Gasteiger partial charge in [-0.25, -0.2) is 9.18 Å². The summed E-state index contributed by atoms with van der Waals surface area (Å²) < 4.78 is 18.0. The lowest BCUT2D eigenvalue weighted by molar-refractivity contribution is 0.0601. The number of esters is 1. The Labute approximate surface area is 123 Å². The molecule has 0 unspecified atom stereocenters. The Hall–Kier alpha value is -2.36. The van der Waals surface area contributed by atoms with Gasteiger partial charge < -0.3 is 10.1 Å². The molecule has 0 aliphatic rings. The molecule has 2 rings (SSSR count). The fourth-order valence-corrected chi connectivity index (χ4v) is 2.18. The third-order valence-electron chi connectivity index (χ3n) is 3.35. The minimum absolute atomic E-state index is 0.197. The number of halogens is 1. The van der Waals surface area contributed by atoms with Crippen LogP contribution in [-0.4, -0.2) is 13.1 Å². The summed E-state index contributed by atoms with van der Waals surface area (Å²) in [6, 6.07) is 10.2. The van der Waals surface area contributed by atoms with Gasteiger partial charge in [-0.1, -0.05) is 23.8 Å². The summed E-state index contributed by atoms with van der Waals surface area (Å²) in [7, 11) is 1.28. The van der Waals surface area contributed by atoms with Gasteiger partial charge in [0.2, 0.25) is 0 Å². The van der Waals surface area contributed by atoms with E-state index >= 15 is 0 Å². The number of hydrogen-bond acceptors (Lipinski definition) is 3. The van der Waals surface area contributed by atoms with Crippen molar-refractivity contribution in [1.82, 2.24) is 0 Å². The molecule has 110 valence electrons. The minimum Gasteiger partial charge on any atom is -0.465 e. The standard InChI is InChI=1S/C17H18FNO2/c1-11-4-5-13(12(2)8-11)10-19-16-7-6-14(18)9-15(16)17(20)21-3/h4-9,19H,10H2,1-3H3. The molecular formula is C17H18FNO2. The number of hydrogen-bond donors (Lipinski definition) is 1. The van der Waals surface area contributed by atoms with E-state index in [0.29, 0.717) is 12.2 Å². The second-order valence-electron chi connectivity index (χ2n) is 4.96. The zero-order valence-corrected chi connectivity index (χ0v) is 12.4. The zero-order valence-electron chi connectivity index (χ0n) is 12.4. The van der Waals surface area contributed by atoms with Gasteiger partial charge in [0.05, 0.1) is 12.7 Å². The Morgan fingerprint density at radius 3 is 2.62 bits per heavy atom. The molecule has 0 bridgehead atoms. The zero-order chi connectivity index (χ0) is 15.4. The Bertz CT molecular complexity index is 668. The molecule has 2 aromatic carbocycles. The van der Waals surface area contributed by atoms with Crippen LogP contribution in [0.1, 0.15) is 27.0 Å². The Morgan fingerprint density at radius 2 is 1.95 bits per heavy atom. The fourth-order valence-electron chi connectivity index (χ4n) is 2.18. The largest absolute Gasteiger partial charge is 0.465 e. The number of aryl methyl sites for hydroxylation is 2. The quantitative estimate of drug-likeness (QED) is 0.868. The van der Waals surface area contributed by atoms with Crippen molar-refractivity contribution in [2.75, 3.05) is 12.4 Å². The van der Waals surface area contributed by atoms with Gasteiger partial charge in [0.25, 0.3) is 0 Å². The van der Waals surface area contributed by atoms with E-state index in [9.17, 15) is 9.18 Å². The van der Waals surface area contributed by atoms with E-state index in [0.717, 1.165) is 5.56 Å². The average molecular weight is 287 g/mol. The second-order valence-corrected chi connectivity index (χ2v) is 4.96. The van der Waals surface area contributed by atoms with Crippen LogP contribution >= 0.6 is 0 Å². The van der Waals surface area contributed by atoms with Gasteiger partial charge in [0.15, 0.2) is 0 Å².